The molecule has 6 nitrogen and oxygen atoms in total. The van der Waals surface area contributed by atoms with Crippen LogP contribution in [0.15, 0.2) is 0 Å². The fraction of sp³-hybridized carbons (Fsp3) is 0.818. The summed E-state index contributed by atoms with van der Waals surface area (Å²) in [6, 6.07) is 0. The number of hydrogen-bond donors (Lipinski definition) is 1. The molecule has 0 aliphatic carbocycles. The van der Waals surface area contributed by atoms with Crippen LogP contribution < -0.4 is 5.32 Å². The number of unbranched alkanes of at least 4 members (excludes halogenated alkanes) is 1. The number of amides is 1. The first-order valence-electron chi connectivity index (χ1n) is 6.37. The van der Waals surface area contributed by atoms with Crippen LogP contribution in [0, 0.1) is 0 Å². The Balaban J connectivity index is 2.09. The van der Waals surface area contributed by atoms with Crippen molar-refractivity contribution in [1.82, 2.24) is 25.5 Å². The second-order valence-corrected chi connectivity index (χ2v) is 5.02. The van der Waals surface area contributed by atoms with Crippen molar-refractivity contribution in [2.75, 3.05) is 12.3 Å². The number of aromatic nitrogens is 4. The molecule has 0 radical (unpaired) electrons. The maximum atomic E-state index is 11.4. The quantitative estimate of drug-likeness (QED) is 0.684. The van der Waals surface area contributed by atoms with Crippen molar-refractivity contribution in [3.05, 3.63) is 5.82 Å². The largest absolute Gasteiger partial charge is 0.356 e. The van der Waals surface area contributed by atoms with Crippen molar-refractivity contribution < 1.29 is 4.79 Å². The van der Waals surface area contributed by atoms with E-state index in [1.807, 2.05) is 6.92 Å². The van der Waals surface area contributed by atoms with E-state index in [4.69, 9.17) is 0 Å². The zero-order valence-electron chi connectivity index (χ0n) is 11.1. The molecule has 102 valence electrons. The summed E-state index contributed by atoms with van der Waals surface area (Å²) in [7, 11) is 0. The molecule has 1 amide bonds. The molecule has 1 aromatic heterocycles. The maximum Gasteiger partial charge on any atom is 0.220 e. The summed E-state index contributed by atoms with van der Waals surface area (Å²) in [5.74, 6) is 2.55. The molecule has 1 rings (SSSR count). The van der Waals surface area contributed by atoms with Gasteiger partial charge in [-0.3, -0.25) is 4.79 Å². The van der Waals surface area contributed by atoms with E-state index in [0.29, 0.717) is 6.42 Å². The minimum Gasteiger partial charge on any atom is -0.356 e. The van der Waals surface area contributed by atoms with Gasteiger partial charge in [0.2, 0.25) is 5.91 Å². The fourth-order valence-corrected chi connectivity index (χ4v) is 2.26. The predicted octanol–water partition coefficient (Wildman–Crippen LogP) is 1.23. The Hall–Kier alpha value is -1.11. The summed E-state index contributed by atoms with van der Waals surface area (Å²) < 4.78 is 1.77. The van der Waals surface area contributed by atoms with Crippen molar-refractivity contribution in [2.24, 2.45) is 0 Å². The molecule has 0 unspecified atom stereocenters. The lowest BCUT2D eigenvalue weighted by molar-refractivity contribution is -0.120. The first kappa shape index (κ1) is 14.9. The van der Waals surface area contributed by atoms with Crippen molar-refractivity contribution >= 4 is 17.7 Å². The van der Waals surface area contributed by atoms with Gasteiger partial charge in [0, 0.05) is 25.3 Å². The van der Waals surface area contributed by atoms with E-state index in [1.54, 1.807) is 16.4 Å². The summed E-state index contributed by atoms with van der Waals surface area (Å²) in [6.07, 6.45) is 2.71. The molecule has 0 saturated carbocycles. The number of carbonyl (C=O) groups is 1. The predicted molar refractivity (Wildman–Crippen MR) is 72.2 cm³/mol. The number of rotatable bonds is 9. The van der Waals surface area contributed by atoms with Crippen LogP contribution in [0.2, 0.25) is 0 Å². The van der Waals surface area contributed by atoms with Gasteiger partial charge in [0.15, 0.2) is 5.82 Å². The Kier molecular flexibility index (Phi) is 7.40. The van der Waals surface area contributed by atoms with Gasteiger partial charge in [0.25, 0.3) is 0 Å². The molecule has 0 aliphatic rings. The van der Waals surface area contributed by atoms with Crippen molar-refractivity contribution in [3.63, 3.8) is 0 Å². The van der Waals surface area contributed by atoms with E-state index in [1.165, 1.54) is 0 Å². The SMILES string of the molecule is CCCCNC(=O)CCSCc1nnnn1CC. The smallest absolute Gasteiger partial charge is 0.220 e. The monoisotopic (exact) mass is 271 g/mol. The van der Waals surface area contributed by atoms with Gasteiger partial charge in [-0.05, 0) is 23.8 Å². The van der Waals surface area contributed by atoms with Gasteiger partial charge in [-0.15, -0.1) is 5.10 Å². The number of tetrazole rings is 1. The molecule has 1 heterocycles. The standard InChI is InChI=1S/C11H21N5OS/c1-3-5-7-12-11(17)6-8-18-9-10-13-14-15-16(10)4-2/h3-9H2,1-2H3,(H,12,17). The third kappa shape index (κ3) is 5.48. The highest BCUT2D eigenvalue weighted by Crippen LogP contribution is 2.10. The number of thioether (sulfide) groups is 1. The van der Waals surface area contributed by atoms with Crippen LogP contribution >= 0.6 is 11.8 Å². The van der Waals surface area contributed by atoms with Crippen LogP contribution in [-0.4, -0.2) is 38.4 Å². The van der Waals surface area contributed by atoms with Crippen LogP contribution in [-0.2, 0) is 17.1 Å². The van der Waals surface area contributed by atoms with Gasteiger partial charge in [0.05, 0.1) is 5.75 Å². The number of hydrogen-bond acceptors (Lipinski definition) is 5. The molecule has 0 bridgehead atoms. The maximum absolute atomic E-state index is 11.4. The minimum atomic E-state index is 0.131. The second kappa shape index (κ2) is 8.91. The molecule has 0 spiro atoms. The molecule has 0 aliphatic heterocycles. The van der Waals surface area contributed by atoms with Crippen molar-refractivity contribution in [2.45, 2.75) is 45.4 Å². The number of aryl methyl sites for hydroxylation is 1. The fourth-order valence-electron chi connectivity index (χ4n) is 1.39. The zero-order chi connectivity index (χ0) is 13.2. The molecule has 1 N–H and O–H groups in total. The molecule has 0 fully saturated rings. The van der Waals surface area contributed by atoms with E-state index in [9.17, 15) is 4.79 Å². The van der Waals surface area contributed by atoms with Crippen molar-refractivity contribution in [1.29, 1.82) is 0 Å². The van der Waals surface area contributed by atoms with Crippen LogP contribution in [0.4, 0.5) is 0 Å². The summed E-state index contributed by atoms with van der Waals surface area (Å²) in [5, 5.41) is 14.3. The first-order chi connectivity index (χ1) is 8.77. The van der Waals surface area contributed by atoms with E-state index < -0.39 is 0 Å². The van der Waals surface area contributed by atoms with E-state index in [-0.39, 0.29) is 5.91 Å². The zero-order valence-corrected chi connectivity index (χ0v) is 11.9. The van der Waals surface area contributed by atoms with Crippen LogP contribution in [0.1, 0.15) is 38.9 Å². The van der Waals surface area contributed by atoms with Gasteiger partial charge < -0.3 is 5.32 Å². The molecule has 1 aromatic rings. The lowest BCUT2D eigenvalue weighted by atomic mass is 10.3. The average molecular weight is 271 g/mol. The molecule has 0 atom stereocenters. The number of nitrogens with one attached hydrogen (secondary N) is 1. The Bertz CT molecular complexity index is 355. The highest BCUT2D eigenvalue weighted by molar-refractivity contribution is 7.98. The van der Waals surface area contributed by atoms with Gasteiger partial charge in [-0.2, -0.15) is 11.8 Å². The normalized spacial score (nSPS) is 10.6. The summed E-state index contributed by atoms with van der Waals surface area (Å²) in [5.41, 5.74) is 0. The lowest BCUT2D eigenvalue weighted by Gasteiger charge is -2.04. The van der Waals surface area contributed by atoms with E-state index >= 15 is 0 Å². The first-order valence-corrected chi connectivity index (χ1v) is 7.52. The van der Waals surface area contributed by atoms with Gasteiger partial charge in [-0.1, -0.05) is 13.3 Å². The summed E-state index contributed by atoms with van der Waals surface area (Å²) in [4.78, 5) is 11.4. The highest BCUT2D eigenvalue weighted by Gasteiger charge is 2.05. The molecule has 0 saturated heterocycles. The Morgan fingerprint density at radius 2 is 2.28 bits per heavy atom. The van der Waals surface area contributed by atoms with Crippen LogP contribution in [0.3, 0.4) is 0 Å². The highest BCUT2D eigenvalue weighted by atomic mass is 32.2. The van der Waals surface area contributed by atoms with Crippen LogP contribution in [0.25, 0.3) is 0 Å². The number of nitrogens with zero attached hydrogens (tertiary/aromatic N) is 4. The van der Waals surface area contributed by atoms with Gasteiger partial charge in [0.1, 0.15) is 0 Å². The van der Waals surface area contributed by atoms with E-state index in [0.717, 1.165) is 43.3 Å². The van der Waals surface area contributed by atoms with Crippen LogP contribution in [0.5, 0.6) is 0 Å². The second-order valence-electron chi connectivity index (χ2n) is 3.92. The molecular formula is C11H21N5OS. The summed E-state index contributed by atoms with van der Waals surface area (Å²) in [6.45, 7) is 5.68. The topological polar surface area (TPSA) is 72.7 Å². The van der Waals surface area contributed by atoms with Gasteiger partial charge in [-0.25, -0.2) is 4.68 Å². The molecule has 7 heteroatoms. The summed E-state index contributed by atoms with van der Waals surface area (Å²) >= 11 is 1.68. The third-order valence-electron chi connectivity index (χ3n) is 2.46. The third-order valence-corrected chi connectivity index (χ3v) is 3.42. The van der Waals surface area contributed by atoms with Gasteiger partial charge >= 0.3 is 0 Å². The number of carbonyl (C=O) groups excluding carboxylic acids is 1. The average Bonchev–Trinajstić information content (AvgIpc) is 2.82. The van der Waals surface area contributed by atoms with Crippen molar-refractivity contribution in [3.8, 4) is 0 Å². The van der Waals surface area contributed by atoms with E-state index in [2.05, 4.69) is 27.8 Å². The lowest BCUT2D eigenvalue weighted by Crippen LogP contribution is -2.24. The molecule has 0 aromatic carbocycles. The Morgan fingerprint density at radius 1 is 1.44 bits per heavy atom. The molecular weight excluding hydrogens is 250 g/mol. The Morgan fingerprint density at radius 3 is 3.00 bits per heavy atom. The Labute approximate surface area is 112 Å². The minimum absolute atomic E-state index is 0.131. The molecule has 18 heavy (non-hydrogen) atoms.